The van der Waals surface area contributed by atoms with Gasteiger partial charge in [0, 0.05) is 11.8 Å². The first-order valence-corrected chi connectivity index (χ1v) is 9.10. The third kappa shape index (κ3) is 4.67. The van der Waals surface area contributed by atoms with Crippen molar-refractivity contribution in [2.45, 2.75) is 12.4 Å². The molecule has 0 aliphatic rings. The summed E-state index contributed by atoms with van der Waals surface area (Å²) < 4.78 is 132. The van der Waals surface area contributed by atoms with E-state index < -0.39 is 68.6 Å². The molecule has 0 radical (unpaired) electrons. The van der Waals surface area contributed by atoms with Gasteiger partial charge in [-0.2, -0.15) is 31.4 Å². The standard InChI is InChI=1S/C18H6BrF10N3O/c19-11-14(22)12(20)10(13(21)15(11)23)16(33)30-6-1-3-7(4-2-6)32-9(18(27,28)29)5-8(31-32)17(24,25)26/h1-5H,(H,30,33). The van der Waals surface area contributed by atoms with Crippen molar-refractivity contribution in [3.05, 3.63) is 75.0 Å². The topological polar surface area (TPSA) is 46.9 Å². The van der Waals surface area contributed by atoms with Crippen LogP contribution in [0.4, 0.5) is 49.6 Å². The molecule has 1 heterocycles. The second-order valence-electron chi connectivity index (χ2n) is 6.27. The molecule has 0 unspecified atom stereocenters. The zero-order valence-electron chi connectivity index (χ0n) is 15.3. The number of rotatable bonds is 3. The molecular weight excluding hydrogens is 544 g/mol. The monoisotopic (exact) mass is 549 g/mol. The van der Waals surface area contributed by atoms with Crippen LogP contribution >= 0.6 is 15.9 Å². The van der Waals surface area contributed by atoms with Crippen LogP contribution < -0.4 is 5.32 Å². The predicted octanol–water partition coefficient (Wildman–Crippen LogP) is 6.48. The van der Waals surface area contributed by atoms with E-state index in [1.54, 1.807) is 0 Å². The fourth-order valence-corrected chi connectivity index (χ4v) is 2.95. The third-order valence-electron chi connectivity index (χ3n) is 4.10. The predicted molar refractivity (Wildman–Crippen MR) is 95.5 cm³/mol. The molecule has 0 saturated heterocycles. The molecule has 0 atom stereocenters. The summed E-state index contributed by atoms with van der Waals surface area (Å²) in [5.74, 6) is -9.43. The summed E-state index contributed by atoms with van der Waals surface area (Å²) >= 11 is 2.27. The Morgan fingerprint density at radius 1 is 0.848 bits per heavy atom. The minimum atomic E-state index is -5.20. The molecule has 3 rings (SSSR count). The normalized spacial score (nSPS) is 12.2. The molecule has 1 aromatic heterocycles. The van der Waals surface area contributed by atoms with Crippen molar-refractivity contribution in [3.63, 3.8) is 0 Å². The number of anilines is 1. The number of halogens is 11. The number of carbonyl (C=O) groups is 1. The highest BCUT2D eigenvalue weighted by atomic mass is 79.9. The number of nitrogens with one attached hydrogen (secondary N) is 1. The van der Waals surface area contributed by atoms with E-state index in [4.69, 9.17) is 0 Å². The lowest BCUT2D eigenvalue weighted by Gasteiger charge is -2.12. The Kier molecular flexibility index (Phi) is 6.21. The summed E-state index contributed by atoms with van der Waals surface area (Å²) in [5, 5.41) is 4.77. The van der Waals surface area contributed by atoms with E-state index in [9.17, 15) is 48.7 Å². The molecule has 1 N–H and O–H groups in total. The van der Waals surface area contributed by atoms with Crippen molar-refractivity contribution in [1.82, 2.24) is 9.78 Å². The second-order valence-corrected chi connectivity index (χ2v) is 7.06. The van der Waals surface area contributed by atoms with Crippen LogP contribution in [-0.2, 0) is 12.4 Å². The lowest BCUT2D eigenvalue weighted by atomic mass is 10.1. The molecule has 0 saturated carbocycles. The van der Waals surface area contributed by atoms with Crippen molar-refractivity contribution < 1.29 is 48.7 Å². The Labute approximate surface area is 184 Å². The van der Waals surface area contributed by atoms with E-state index in [2.05, 4.69) is 21.0 Å². The molecule has 0 bridgehead atoms. The molecule has 4 nitrogen and oxygen atoms in total. The summed E-state index contributed by atoms with van der Waals surface area (Å²) in [6.07, 6.45) is -10.4. The molecule has 2 aromatic carbocycles. The number of aromatic nitrogens is 2. The van der Waals surface area contributed by atoms with Crippen LogP contribution in [0.2, 0.25) is 0 Å². The van der Waals surface area contributed by atoms with Crippen molar-refractivity contribution in [1.29, 1.82) is 0 Å². The summed E-state index contributed by atoms with van der Waals surface area (Å²) in [6, 6.07) is 3.16. The number of nitrogens with zero attached hydrogens (tertiary/aromatic N) is 2. The molecule has 176 valence electrons. The van der Waals surface area contributed by atoms with Crippen LogP contribution in [0.1, 0.15) is 21.7 Å². The molecule has 0 fully saturated rings. The number of hydrogen-bond donors (Lipinski definition) is 1. The molecule has 3 aromatic rings. The number of alkyl halides is 6. The fourth-order valence-electron chi connectivity index (χ4n) is 2.60. The maximum absolute atomic E-state index is 13.9. The van der Waals surface area contributed by atoms with Gasteiger partial charge in [-0.1, -0.05) is 0 Å². The van der Waals surface area contributed by atoms with Gasteiger partial charge in [-0.15, -0.1) is 0 Å². The molecule has 0 aliphatic heterocycles. The van der Waals surface area contributed by atoms with Crippen LogP contribution in [0, 0.1) is 23.3 Å². The lowest BCUT2D eigenvalue weighted by Crippen LogP contribution is -2.18. The van der Waals surface area contributed by atoms with Crippen molar-refractivity contribution in [2.24, 2.45) is 0 Å². The maximum Gasteiger partial charge on any atom is 0.435 e. The zero-order chi connectivity index (χ0) is 24.9. The highest BCUT2D eigenvalue weighted by Crippen LogP contribution is 2.36. The van der Waals surface area contributed by atoms with Gasteiger partial charge in [0.2, 0.25) is 0 Å². The lowest BCUT2D eigenvalue weighted by molar-refractivity contribution is -0.143. The summed E-state index contributed by atoms with van der Waals surface area (Å²) in [7, 11) is 0. The largest absolute Gasteiger partial charge is 0.435 e. The van der Waals surface area contributed by atoms with Gasteiger partial charge in [-0.05, 0) is 40.2 Å². The number of carbonyl (C=O) groups excluding carboxylic acids is 1. The van der Waals surface area contributed by atoms with E-state index in [0.717, 1.165) is 24.3 Å². The quantitative estimate of drug-likeness (QED) is 0.231. The van der Waals surface area contributed by atoms with Crippen LogP contribution in [0.3, 0.4) is 0 Å². The maximum atomic E-state index is 13.9. The average Bonchev–Trinajstić information content (AvgIpc) is 3.18. The van der Waals surface area contributed by atoms with Gasteiger partial charge < -0.3 is 5.32 Å². The minimum Gasteiger partial charge on any atom is -0.322 e. The molecule has 33 heavy (non-hydrogen) atoms. The Balaban J connectivity index is 1.94. The Bertz CT molecular complexity index is 1200. The first kappa shape index (κ1) is 24.5. The van der Waals surface area contributed by atoms with Crippen LogP contribution in [-0.4, -0.2) is 15.7 Å². The van der Waals surface area contributed by atoms with Gasteiger partial charge in [0.25, 0.3) is 5.91 Å². The van der Waals surface area contributed by atoms with E-state index in [1.165, 1.54) is 0 Å². The molecule has 0 aliphatic carbocycles. The first-order valence-electron chi connectivity index (χ1n) is 8.30. The van der Waals surface area contributed by atoms with E-state index in [1.807, 2.05) is 5.32 Å². The number of amides is 1. The molecular formula is C18H6BrF10N3O. The average molecular weight is 550 g/mol. The smallest absolute Gasteiger partial charge is 0.322 e. The van der Waals surface area contributed by atoms with Gasteiger partial charge in [-0.25, -0.2) is 22.2 Å². The number of hydrogen-bond acceptors (Lipinski definition) is 2. The van der Waals surface area contributed by atoms with Crippen molar-refractivity contribution in [2.75, 3.05) is 5.32 Å². The van der Waals surface area contributed by atoms with E-state index in [-0.39, 0.29) is 16.4 Å². The Morgan fingerprint density at radius 3 is 1.82 bits per heavy atom. The van der Waals surface area contributed by atoms with Crippen LogP contribution in [0.15, 0.2) is 34.8 Å². The van der Waals surface area contributed by atoms with Crippen LogP contribution in [0.5, 0.6) is 0 Å². The van der Waals surface area contributed by atoms with Crippen molar-refractivity contribution in [3.8, 4) is 5.69 Å². The Morgan fingerprint density at radius 2 is 1.36 bits per heavy atom. The second kappa shape index (κ2) is 8.35. The zero-order valence-corrected chi connectivity index (χ0v) is 16.9. The van der Waals surface area contributed by atoms with Gasteiger partial charge in [0.15, 0.2) is 29.0 Å². The van der Waals surface area contributed by atoms with E-state index >= 15 is 0 Å². The highest BCUT2D eigenvalue weighted by molar-refractivity contribution is 9.10. The van der Waals surface area contributed by atoms with E-state index in [0.29, 0.717) is 0 Å². The van der Waals surface area contributed by atoms with Crippen LogP contribution in [0.25, 0.3) is 5.69 Å². The Hall–Kier alpha value is -3.10. The van der Waals surface area contributed by atoms with Gasteiger partial charge >= 0.3 is 12.4 Å². The summed E-state index contributed by atoms with van der Waals surface area (Å²) in [5.41, 5.74) is -5.98. The molecule has 15 heteroatoms. The summed E-state index contributed by atoms with van der Waals surface area (Å²) in [6.45, 7) is 0. The molecule has 1 amide bonds. The van der Waals surface area contributed by atoms with Gasteiger partial charge in [0.1, 0.15) is 11.3 Å². The first-order chi connectivity index (χ1) is 15.1. The van der Waals surface area contributed by atoms with Gasteiger partial charge in [-0.3, -0.25) is 4.79 Å². The minimum absolute atomic E-state index is 0.0345. The molecule has 0 spiro atoms. The number of benzene rings is 2. The summed E-state index contributed by atoms with van der Waals surface area (Å²) in [4.78, 5) is 12.1. The third-order valence-corrected chi connectivity index (χ3v) is 4.79. The SMILES string of the molecule is O=C(Nc1ccc(-n2nc(C(F)(F)F)cc2C(F)(F)F)cc1)c1c(F)c(F)c(Br)c(F)c1F. The highest BCUT2D eigenvalue weighted by Gasteiger charge is 2.42. The van der Waals surface area contributed by atoms with Crippen molar-refractivity contribution >= 4 is 27.5 Å². The fraction of sp³-hybridized carbons (Fsp3) is 0.111. The van der Waals surface area contributed by atoms with Gasteiger partial charge in [0.05, 0.1) is 10.2 Å².